The van der Waals surface area contributed by atoms with Crippen molar-refractivity contribution in [1.29, 1.82) is 0 Å². The number of nitrogens with zero attached hydrogens (tertiary/aromatic N) is 3. The summed E-state index contributed by atoms with van der Waals surface area (Å²) in [6, 6.07) is 13.2. The molecule has 0 aliphatic heterocycles. The van der Waals surface area contributed by atoms with Crippen LogP contribution in [-0.2, 0) is 34.6 Å². The topological polar surface area (TPSA) is 134 Å². The summed E-state index contributed by atoms with van der Waals surface area (Å²) in [4.78, 5) is 7.35. The van der Waals surface area contributed by atoms with Crippen molar-refractivity contribution in [2.24, 2.45) is 5.73 Å². The van der Waals surface area contributed by atoms with Crippen LogP contribution in [0.25, 0.3) is 11.0 Å². The number of aromatic nitrogens is 3. The van der Waals surface area contributed by atoms with Gasteiger partial charge in [0.05, 0.1) is 17.6 Å². The average Bonchev–Trinajstić information content (AvgIpc) is 3.41. The van der Waals surface area contributed by atoms with Gasteiger partial charge < -0.3 is 15.0 Å². The van der Waals surface area contributed by atoms with Gasteiger partial charge in [-0.15, -0.1) is 0 Å². The standard InChI is InChI=1S/C20H21N5O5S/c21-11-15-12-22-25(13-15)8-9-28-16-6-7-18-19(23-30-20(18)10-16)14-29-24-31(26,27)17-4-2-1-3-5-17/h1-7,10,12-13,24H,8-9,11,14,21H2. The van der Waals surface area contributed by atoms with Crippen LogP contribution in [0.3, 0.4) is 0 Å². The molecule has 3 N–H and O–H groups in total. The molecule has 0 radical (unpaired) electrons. The van der Waals surface area contributed by atoms with Gasteiger partial charge >= 0.3 is 0 Å². The number of sulfonamides is 1. The highest BCUT2D eigenvalue weighted by atomic mass is 32.2. The Bertz CT molecular complexity index is 1250. The van der Waals surface area contributed by atoms with Gasteiger partial charge in [-0.1, -0.05) is 28.2 Å². The van der Waals surface area contributed by atoms with Gasteiger partial charge in [-0.3, -0.25) is 9.52 Å². The molecule has 4 rings (SSSR count). The SMILES string of the molecule is NCc1cnn(CCOc2ccc3c(CONS(=O)(=O)c4ccccc4)noc3c2)c1. The summed E-state index contributed by atoms with van der Waals surface area (Å²) >= 11 is 0. The fraction of sp³-hybridized carbons (Fsp3) is 0.200. The molecule has 2 heterocycles. The van der Waals surface area contributed by atoms with E-state index in [1.165, 1.54) is 12.1 Å². The van der Waals surface area contributed by atoms with E-state index in [0.717, 1.165) is 5.56 Å². The maximum absolute atomic E-state index is 12.2. The summed E-state index contributed by atoms with van der Waals surface area (Å²) in [5.74, 6) is 0.618. The minimum atomic E-state index is -3.77. The fourth-order valence-electron chi connectivity index (χ4n) is 2.88. The van der Waals surface area contributed by atoms with Crippen LogP contribution in [0.2, 0.25) is 0 Å². The Labute approximate surface area is 178 Å². The largest absolute Gasteiger partial charge is 0.492 e. The van der Waals surface area contributed by atoms with Crippen LogP contribution < -0.4 is 15.4 Å². The summed E-state index contributed by atoms with van der Waals surface area (Å²) in [7, 11) is -3.77. The number of rotatable bonds is 10. The first-order valence-electron chi connectivity index (χ1n) is 9.46. The molecule has 0 saturated heterocycles. The lowest BCUT2D eigenvalue weighted by atomic mass is 10.2. The molecule has 162 valence electrons. The van der Waals surface area contributed by atoms with Crippen molar-refractivity contribution in [2.75, 3.05) is 6.61 Å². The molecule has 0 aliphatic carbocycles. The van der Waals surface area contributed by atoms with Crippen LogP contribution in [0.4, 0.5) is 0 Å². The molecule has 4 aromatic rings. The van der Waals surface area contributed by atoms with E-state index in [1.54, 1.807) is 47.3 Å². The highest BCUT2D eigenvalue weighted by Crippen LogP contribution is 2.24. The first kappa shape index (κ1) is 21.0. The van der Waals surface area contributed by atoms with Gasteiger partial charge in [-0.25, -0.2) is 8.42 Å². The normalized spacial score (nSPS) is 11.8. The number of fused-ring (bicyclic) bond motifs is 1. The summed E-state index contributed by atoms with van der Waals surface area (Å²) in [5, 5.41) is 8.85. The van der Waals surface area contributed by atoms with Gasteiger partial charge in [0.1, 0.15) is 24.7 Å². The third-order valence-electron chi connectivity index (χ3n) is 4.46. The lowest BCUT2D eigenvalue weighted by Crippen LogP contribution is -2.24. The molecule has 10 nitrogen and oxygen atoms in total. The number of nitrogens with one attached hydrogen (secondary N) is 1. The monoisotopic (exact) mass is 443 g/mol. The van der Waals surface area contributed by atoms with E-state index in [9.17, 15) is 8.42 Å². The maximum Gasteiger partial charge on any atom is 0.262 e. The van der Waals surface area contributed by atoms with E-state index in [0.29, 0.717) is 42.1 Å². The highest BCUT2D eigenvalue weighted by Gasteiger charge is 2.15. The number of ether oxygens (including phenoxy) is 1. The summed E-state index contributed by atoms with van der Waals surface area (Å²) in [6.07, 6.45) is 3.60. The van der Waals surface area contributed by atoms with Gasteiger partial charge in [0, 0.05) is 29.8 Å². The zero-order valence-electron chi connectivity index (χ0n) is 16.5. The molecular formula is C20H21N5O5S. The first-order chi connectivity index (χ1) is 15.0. The second-order valence-electron chi connectivity index (χ2n) is 6.64. The van der Waals surface area contributed by atoms with Crippen LogP contribution in [0.15, 0.2) is 70.3 Å². The fourth-order valence-corrected chi connectivity index (χ4v) is 3.70. The van der Waals surface area contributed by atoms with Crippen LogP contribution >= 0.6 is 0 Å². The molecule has 0 bridgehead atoms. The maximum atomic E-state index is 12.2. The second-order valence-corrected chi connectivity index (χ2v) is 8.28. The minimum Gasteiger partial charge on any atom is -0.492 e. The molecule has 0 saturated carbocycles. The van der Waals surface area contributed by atoms with Crippen LogP contribution in [0.1, 0.15) is 11.3 Å². The molecule has 2 aromatic carbocycles. The smallest absolute Gasteiger partial charge is 0.262 e. The second kappa shape index (κ2) is 9.27. The Balaban J connectivity index is 1.33. The van der Waals surface area contributed by atoms with Crippen molar-refractivity contribution >= 4 is 21.0 Å². The van der Waals surface area contributed by atoms with Crippen LogP contribution in [-0.4, -0.2) is 30.0 Å². The molecule has 0 amide bonds. The minimum absolute atomic E-state index is 0.0952. The Kier molecular flexibility index (Phi) is 6.28. The van der Waals surface area contributed by atoms with E-state index < -0.39 is 10.0 Å². The lowest BCUT2D eigenvalue weighted by Gasteiger charge is -2.07. The van der Waals surface area contributed by atoms with Crippen LogP contribution in [0, 0.1) is 0 Å². The Morgan fingerprint density at radius 3 is 2.77 bits per heavy atom. The van der Waals surface area contributed by atoms with Crippen molar-refractivity contribution in [3.05, 3.63) is 72.2 Å². The van der Waals surface area contributed by atoms with E-state index >= 15 is 0 Å². The number of nitrogens with two attached hydrogens (primary N) is 1. The van der Waals surface area contributed by atoms with Gasteiger partial charge in [-0.05, 0) is 24.3 Å². The molecular weight excluding hydrogens is 422 g/mol. The van der Waals surface area contributed by atoms with E-state index in [-0.39, 0.29) is 11.5 Å². The van der Waals surface area contributed by atoms with Crippen molar-refractivity contribution in [1.82, 2.24) is 19.8 Å². The van der Waals surface area contributed by atoms with Crippen molar-refractivity contribution < 1.29 is 22.5 Å². The molecule has 0 unspecified atom stereocenters. The third-order valence-corrected chi connectivity index (χ3v) is 5.69. The Morgan fingerprint density at radius 2 is 2.00 bits per heavy atom. The summed E-state index contributed by atoms with van der Waals surface area (Å²) < 4.78 is 37.2. The van der Waals surface area contributed by atoms with Crippen molar-refractivity contribution in [3.8, 4) is 5.75 Å². The summed E-state index contributed by atoms with van der Waals surface area (Å²) in [5.41, 5.74) is 7.50. The van der Waals surface area contributed by atoms with Gasteiger partial charge in [-0.2, -0.15) is 5.10 Å². The molecule has 0 fully saturated rings. The lowest BCUT2D eigenvalue weighted by molar-refractivity contribution is 0.0760. The van der Waals surface area contributed by atoms with Crippen molar-refractivity contribution in [3.63, 3.8) is 0 Å². The first-order valence-corrected chi connectivity index (χ1v) is 10.9. The zero-order chi connectivity index (χ0) is 21.7. The molecule has 0 spiro atoms. The van der Waals surface area contributed by atoms with Crippen molar-refractivity contribution in [2.45, 2.75) is 24.6 Å². The zero-order valence-corrected chi connectivity index (χ0v) is 17.3. The predicted octanol–water partition coefficient (Wildman–Crippen LogP) is 1.97. The molecule has 0 aliphatic rings. The molecule has 2 aromatic heterocycles. The van der Waals surface area contributed by atoms with Gasteiger partial charge in [0.2, 0.25) is 0 Å². The van der Waals surface area contributed by atoms with Gasteiger partial charge in [0.25, 0.3) is 10.0 Å². The Hall–Kier alpha value is -3.25. The average molecular weight is 443 g/mol. The summed E-state index contributed by atoms with van der Waals surface area (Å²) in [6.45, 7) is 1.35. The third kappa shape index (κ3) is 5.09. The predicted molar refractivity (Wildman–Crippen MR) is 111 cm³/mol. The number of hydrogen-bond donors (Lipinski definition) is 2. The quantitative estimate of drug-likeness (QED) is 0.355. The number of benzene rings is 2. The molecule has 11 heteroatoms. The Morgan fingerprint density at radius 1 is 1.16 bits per heavy atom. The van der Waals surface area contributed by atoms with Crippen LogP contribution in [0.5, 0.6) is 5.75 Å². The van der Waals surface area contributed by atoms with E-state index in [4.69, 9.17) is 19.8 Å². The van der Waals surface area contributed by atoms with E-state index in [1.807, 2.05) is 6.20 Å². The molecule has 0 atom stereocenters. The number of hydrogen-bond acceptors (Lipinski definition) is 8. The van der Waals surface area contributed by atoms with Gasteiger partial charge in [0.15, 0.2) is 5.58 Å². The highest BCUT2D eigenvalue weighted by molar-refractivity contribution is 7.89. The van der Waals surface area contributed by atoms with E-state index in [2.05, 4.69) is 15.1 Å². The molecule has 31 heavy (non-hydrogen) atoms.